The second-order valence-electron chi connectivity index (χ2n) is 3.92. The van der Waals surface area contributed by atoms with Gasteiger partial charge in [0.2, 0.25) is 5.56 Å². The molecule has 1 N–H and O–H groups in total. The van der Waals surface area contributed by atoms with E-state index in [1.165, 1.54) is 35.0 Å². The standard InChI is InChI=1S/C13H10ClFN2O2/c1-17-7-8(5-6-11(17)18)16-13(19)12-9(14)3-2-4-10(12)15/h2-7H,1H3,(H,16,19). The quantitative estimate of drug-likeness (QED) is 0.918. The van der Waals surface area contributed by atoms with E-state index >= 15 is 0 Å². The zero-order valence-corrected chi connectivity index (χ0v) is 10.7. The number of halogens is 2. The number of aryl methyl sites for hydroxylation is 1. The lowest BCUT2D eigenvalue weighted by Crippen LogP contribution is -2.18. The summed E-state index contributed by atoms with van der Waals surface area (Å²) in [5.41, 5.74) is -0.0497. The largest absolute Gasteiger partial charge is 0.321 e. The molecule has 0 unspecified atom stereocenters. The number of carbonyl (C=O) groups is 1. The second kappa shape index (κ2) is 5.24. The molecule has 1 heterocycles. The topological polar surface area (TPSA) is 51.1 Å². The zero-order chi connectivity index (χ0) is 14.0. The molecule has 0 bridgehead atoms. The molecule has 98 valence electrons. The Bertz CT molecular complexity index is 677. The molecule has 1 amide bonds. The summed E-state index contributed by atoms with van der Waals surface area (Å²) >= 11 is 5.79. The van der Waals surface area contributed by atoms with Crippen LogP contribution in [0.4, 0.5) is 10.1 Å². The summed E-state index contributed by atoms with van der Waals surface area (Å²) in [5, 5.41) is 2.51. The summed E-state index contributed by atoms with van der Waals surface area (Å²) in [5.74, 6) is -1.36. The molecule has 2 rings (SSSR count). The van der Waals surface area contributed by atoms with Crippen molar-refractivity contribution in [1.29, 1.82) is 0 Å². The number of carbonyl (C=O) groups excluding carboxylic acids is 1. The molecule has 0 fully saturated rings. The van der Waals surface area contributed by atoms with Crippen LogP contribution in [0.3, 0.4) is 0 Å². The average Bonchev–Trinajstić information content (AvgIpc) is 2.33. The van der Waals surface area contributed by atoms with Crippen molar-refractivity contribution >= 4 is 23.2 Å². The smallest absolute Gasteiger partial charge is 0.260 e. The van der Waals surface area contributed by atoms with E-state index in [9.17, 15) is 14.0 Å². The number of hydrogen-bond donors (Lipinski definition) is 1. The van der Waals surface area contributed by atoms with Gasteiger partial charge in [-0.25, -0.2) is 4.39 Å². The number of aromatic nitrogens is 1. The van der Waals surface area contributed by atoms with Crippen molar-refractivity contribution < 1.29 is 9.18 Å². The van der Waals surface area contributed by atoms with E-state index in [0.717, 1.165) is 6.07 Å². The van der Waals surface area contributed by atoms with Crippen molar-refractivity contribution in [1.82, 2.24) is 4.57 Å². The third-order valence-electron chi connectivity index (χ3n) is 2.53. The molecular weight excluding hydrogens is 271 g/mol. The van der Waals surface area contributed by atoms with Crippen LogP contribution in [0.15, 0.2) is 41.3 Å². The molecule has 4 nitrogen and oxygen atoms in total. The molecule has 0 saturated heterocycles. The lowest BCUT2D eigenvalue weighted by molar-refractivity contribution is 0.102. The summed E-state index contributed by atoms with van der Waals surface area (Å²) in [6.45, 7) is 0. The first-order valence-electron chi connectivity index (χ1n) is 5.41. The number of benzene rings is 1. The maximum absolute atomic E-state index is 13.5. The zero-order valence-electron chi connectivity index (χ0n) is 9.98. The van der Waals surface area contributed by atoms with Crippen LogP contribution in [0.25, 0.3) is 0 Å². The molecule has 0 aliphatic heterocycles. The average molecular weight is 281 g/mol. The number of pyridine rings is 1. The molecule has 1 aromatic carbocycles. The molecule has 0 radical (unpaired) electrons. The van der Waals surface area contributed by atoms with Gasteiger partial charge in [-0.15, -0.1) is 0 Å². The van der Waals surface area contributed by atoms with Crippen molar-refractivity contribution in [3.8, 4) is 0 Å². The summed E-state index contributed by atoms with van der Waals surface area (Å²) < 4.78 is 14.9. The van der Waals surface area contributed by atoms with Gasteiger partial charge in [0.25, 0.3) is 5.91 Å². The van der Waals surface area contributed by atoms with Crippen molar-refractivity contribution in [2.45, 2.75) is 0 Å². The van der Waals surface area contributed by atoms with E-state index in [4.69, 9.17) is 11.6 Å². The van der Waals surface area contributed by atoms with Crippen molar-refractivity contribution in [2.75, 3.05) is 5.32 Å². The minimum Gasteiger partial charge on any atom is -0.321 e. The highest BCUT2D eigenvalue weighted by Crippen LogP contribution is 2.20. The van der Waals surface area contributed by atoms with E-state index < -0.39 is 11.7 Å². The van der Waals surface area contributed by atoms with Gasteiger partial charge in [0.1, 0.15) is 5.82 Å². The first-order chi connectivity index (χ1) is 8.99. The fourth-order valence-corrected chi connectivity index (χ4v) is 1.83. The van der Waals surface area contributed by atoms with Crippen LogP contribution in [-0.4, -0.2) is 10.5 Å². The second-order valence-corrected chi connectivity index (χ2v) is 4.32. The lowest BCUT2D eigenvalue weighted by atomic mass is 10.2. The maximum Gasteiger partial charge on any atom is 0.260 e. The van der Waals surface area contributed by atoms with Crippen LogP contribution in [0.5, 0.6) is 0 Å². The molecule has 2 aromatic rings. The normalized spacial score (nSPS) is 10.3. The predicted octanol–water partition coefficient (Wildman–Crippen LogP) is 2.43. The SMILES string of the molecule is Cn1cc(NC(=O)c2c(F)cccc2Cl)ccc1=O. The number of nitrogens with zero attached hydrogens (tertiary/aromatic N) is 1. The van der Waals surface area contributed by atoms with Gasteiger partial charge in [0.15, 0.2) is 0 Å². The van der Waals surface area contributed by atoms with Gasteiger partial charge in [-0.1, -0.05) is 17.7 Å². The van der Waals surface area contributed by atoms with Gasteiger partial charge >= 0.3 is 0 Å². The molecule has 6 heteroatoms. The fraction of sp³-hybridized carbons (Fsp3) is 0.0769. The number of amides is 1. The van der Waals surface area contributed by atoms with E-state index in [1.54, 1.807) is 7.05 Å². The number of hydrogen-bond acceptors (Lipinski definition) is 2. The van der Waals surface area contributed by atoms with Gasteiger partial charge in [0.05, 0.1) is 16.3 Å². The van der Waals surface area contributed by atoms with Crippen LogP contribution in [0.2, 0.25) is 5.02 Å². The highest BCUT2D eigenvalue weighted by atomic mass is 35.5. The molecule has 0 aliphatic rings. The van der Waals surface area contributed by atoms with Crippen LogP contribution in [-0.2, 0) is 7.05 Å². The Morgan fingerprint density at radius 1 is 1.32 bits per heavy atom. The van der Waals surface area contributed by atoms with Gasteiger partial charge in [-0.2, -0.15) is 0 Å². The molecule has 0 spiro atoms. The summed E-state index contributed by atoms with van der Waals surface area (Å²) in [7, 11) is 1.55. The Kier molecular flexibility index (Phi) is 3.66. The van der Waals surface area contributed by atoms with Gasteiger partial charge < -0.3 is 9.88 Å². The Morgan fingerprint density at radius 2 is 2.05 bits per heavy atom. The molecule has 0 atom stereocenters. The van der Waals surface area contributed by atoms with Gasteiger partial charge in [-0.05, 0) is 18.2 Å². The van der Waals surface area contributed by atoms with E-state index in [-0.39, 0.29) is 16.1 Å². The summed E-state index contributed by atoms with van der Waals surface area (Å²) in [4.78, 5) is 23.1. The predicted molar refractivity (Wildman–Crippen MR) is 71.0 cm³/mol. The van der Waals surface area contributed by atoms with Gasteiger partial charge in [-0.3, -0.25) is 9.59 Å². The number of nitrogens with one attached hydrogen (secondary N) is 1. The molecule has 19 heavy (non-hydrogen) atoms. The third-order valence-corrected chi connectivity index (χ3v) is 2.85. The molecule has 0 saturated carbocycles. The molecule has 1 aromatic heterocycles. The highest BCUT2D eigenvalue weighted by molar-refractivity contribution is 6.34. The molecule has 0 aliphatic carbocycles. The molecular formula is C13H10ClFN2O2. The number of rotatable bonds is 2. The van der Waals surface area contributed by atoms with Crippen LogP contribution < -0.4 is 10.9 Å². The first-order valence-corrected chi connectivity index (χ1v) is 5.79. The van der Waals surface area contributed by atoms with Crippen molar-refractivity contribution in [3.63, 3.8) is 0 Å². The van der Waals surface area contributed by atoms with E-state index in [1.807, 2.05) is 0 Å². The number of anilines is 1. The monoisotopic (exact) mass is 280 g/mol. The van der Waals surface area contributed by atoms with Crippen molar-refractivity contribution in [2.24, 2.45) is 7.05 Å². The Labute approximate surface area is 113 Å². The minimum absolute atomic E-state index is 0.0299. The highest BCUT2D eigenvalue weighted by Gasteiger charge is 2.15. The fourth-order valence-electron chi connectivity index (χ4n) is 1.58. The maximum atomic E-state index is 13.5. The Morgan fingerprint density at radius 3 is 2.68 bits per heavy atom. The third kappa shape index (κ3) is 2.82. The van der Waals surface area contributed by atoms with Gasteiger partial charge in [0, 0.05) is 19.3 Å². The van der Waals surface area contributed by atoms with Crippen LogP contribution in [0, 0.1) is 5.82 Å². The Hall–Kier alpha value is -2.14. The van der Waals surface area contributed by atoms with Crippen LogP contribution in [0.1, 0.15) is 10.4 Å². The Balaban J connectivity index is 2.31. The van der Waals surface area contributed by atoms with E-state index in [0.29, 0.717) is 5.69 Å². The van der Waals surface area contributed by atoms with E-state index in [2.05, 4.69) is 5.32 Å². The minimum atomic E-state index is -0.699. The van der Waals surface area contributed by atoms with Crippen LogP contribution >= 0.6 is 11.6 Å². The summed E-state index contributed by atoms with van der Waals surface area (Å²) in [6, 6.07) is 6.75. The first kappa shape index (κ1) is 13.3. The lowest BCUT2D eigenvalue weighted by Gasteiger charge is -2.08. The summed E-state index contributed by atoms with van der Waals surface area (Å²) in [6.07, 6.45) is 1.44. The van der Waals surface area contributed by atoms with Crippen molar-refractivity contribution in [3.05, 3.63) is 63.3 Å².